The number of esters is 1. The molecule has 4 nitrogen and oxygen atoms in total. The molecule has 0 heterocycles. The minimum atomic E-state index is -0.509. The first kappa shape index (κ1) is 12.8. The number of anilines is 1. The Morgan fingerprint density at radius 1 is 1.62 bits per heavy atom. The number of benzene rings is 1. The van der Waals surface area contributed by atoms with Gasteiger partial charge in [-0.25, -0.2) is 4.79 Å². The Morgan fingerprint density at radius 3 is 2.88 bits per heavy atom. The third kappa shape index (κ3) is 3.40. The lowest BCUT2D eigenvalue weighted by Crippen LogP contribution is -2.15. The number of carbonyl (C=O) groups excluding carboxylic acids is 1. The molecule has 0 aliphatic heterocycles. The molecule has 16 heavy (non-hydrogen) atoms. The van der Waals surface area contributed by atoms with Crippen molar-refractivity contribution in [3.8, 4) is 0 Å². The monoisotopic (exact) mass is 243 g/mol. The van der Waals surface area contributed by atoms with Gasteiger partial charge in [0.1, 0.15) is 0 Å². The first-order chi connectivity index (χ1) is 7.54. The molecule has 0 bridgehead atoms. The standard InChI is InChI=1S/C11H14ClNO3/c1-7(5-14)6-16-11(15)9-3-2-8(13)4-10(9)12/h2-4,7,14H,5-6,13H2,1H3. The Morgan fingerprint density at radius 2 is 2.31 bits per heavy atom. The molecule has 5 heteroatoms. The third-order valence-electron chi connectivity index (χ3n) is 2.02. The second kappa shape index (κ2) is 5.72. The number of rotatable bonds is 4. The number of carbonyl (C=O) groups is 1. The van der Waals surface area contributed by atoms with Crippen molar-refractivity contribution in [2.75, 3.05) is 18.9 Å². The van der Waals surface area contributed by atoms with E-state index in [4.69, 9.17) is 27.2 Å². The van der Waals surface area contributed by atoms with Gasteiger partial charge in [-0.15, -0.1) is 0 Å². The second-order valence-electron chi connectivity index (χ2n) is 3.63. The molecule has 0 amide bonds. The van der Waals surface area contributed by atoms with E-state index >= 15 is 0 Å². The summed E-state index contributed by atoms with van der Waals surface area (Å²) in [6, 6.07) is 4.59. The largest absolute Gasteiger partial charge is 0.462 e. The molecule has 0 aromatic heterocycles. The first-order valence-corrected chi connectivity index (χ1v) is 5.25. The van der Waals surface area contributed by atoms with Crippen LogP contribution in [0, 0.1) is 5.92 Å². The molecule has 0 aliphatic carbocycles. The van der Waals surface area contributed by atoms with Crippen LogP contribution in [0.25, 0.3) is 0 Å². The molecule has 0 spiro atoms. The molecular weight excluding hydrogens is 230 g/mol. The average molecular weight is 244 g/mol. The minimum Gasteiger partial charge on any atom is -0.462 e. The van der Waals surface area contributed by atoms with Crippen molar-refractivity contribution in [1.82, 2.24) is 0 Å². The minimum absolute atomic E-state index is 0.0250. The summed E-state index contributed by atoms with van der Waals surface area (Å²) in [4.78, 5) is 11.6. The maximum absolute atomic E-state index is 11.6. The van der Waals surface area contributed by atoms with Gasteiger partial charge in [-0.1, -0.05) is 18.5 Å². The molecule has 1 atom stereocenters. The van der Waals surface area contributed by atoms with Crippen molar-refractivity contribution < 1.29 is 14.6 Å². The van der Waals surface area contributed by atoms with Gasteiger partial charge in [0.15, 0.2) is 0 Å². The van der Waals surface area contributed by atoms with E-state index in [0.29, 0.717) is 5.69 Å². The van der Waals surface area contributed by atoms with Crippen molar-refractivity contribution in [2.24, 2.45) is 5.92 Å². The van der Waals surface area contributed by atoms with Crippen LogP contribution in [0.15, 0.2) is 18.2 Å². The van der Waals surface area contributed by atoms with E-state index in [9.17, 15) is 4.79 Å². The van der Waals surface area contributed by atoms with Crippen LogP contribution in [0.4, 0.5) is 5.69 Å². The van der Waals surface area contributed by atoms with Crippen LogP contribution >= 0.6 is 11.6 Å². The number of nitrogen functional groups attached to an aromatic ring is 1. The Labute approximate surface area is 99.0 Å². The molecule has 1 rings (SSSR count). The van der Waals surface area contributed by atoms with Gasteiger partial charge >= 0.3 is 5.97 Å². The quantitative estimate of drug-likeness (QED) is 0.624. The highest BCUT2D eigenvalue weighted by molar-refractivity contribution is 6.33. The summed E-state index contributed by atoms with van der Waals surface area (Å²) in [7, 11) is 0. The van der Waals surface area contributed by atoms with E-state index in [-0.39, 0.29) is 29.7 Å². The molecule has 0 fully saturated rings. The number of nitrogens with two attached hydrogens (primary N) is 1. The smallest absolute Gasteiger partial charge is 0.339 e. The maximum Gasteiger partial charge on any atom is 0.339 e. The number of aliphatic hydroxyl groups excluding tert-OH is 1. The van der Waals surface area contributed by atoms with Crippen molar-refractivity contribution in [1.29, 1.82) is 0 Å². The van der Waals surface area contributed by atoms with E-state index in [1.807, 2.05) is 0 Å². The Balaban J connectivity index is 2.66. The lowest BCUT2D eigenvalue weighted by atomic mass is 10.2. The van der Waals surface area contributed by atoms with Gasteiger partial charge in [-0.2, -0.15) is 0 Å². The fourth-order valence-corrected chi connectivity index (χ4v) is 1.31. The topological polar surface area (TPSA) is 72.5 Å². The summed E-state index contributed by atoms with van der Waals surface area (Å²) in [6.45, 7) is 1.91. The molecule has 0 aliphatic rings. The number of hydrogen-bond donors (Lipinski definition) is 2. The summed E-state index contributed by atoms with van der Waals surface area (Å²) in [5.74, 6) is -0.596. The van der Waals surface area contributed by atoms with Gasteiger partial charge in [-0.3, -0.25) is 0 Å². The van der Waals surface area contributed by atoms with Gasteiger partial charge in [0.05, 0.1) is 17.2 Å². The molecule has 3 N–H and O–H groups in total. The fourth-order valence-electron chi connectivity index (χ4n) is 1.05. The van der Waals surface area contributed by atoms with E-state index in [0.717, 1.165) is 0 Å². The van der Waals surface area contributed by atoms with Gasteiger partial charge in [0.25, 0.3) is 0 Å². The zero-order valence-corrected chi connectivity index (χ0v) is 9.70. The molecule has 0 saturated carbocycles. The Hall–Kier alpha value is -1.26. The normalized spacial score (nSPS) is 12.2. The molecule has 88 valence electrons. The molecule has 1 aromatic rings. The highest BCUT2D eigenvalue weighted by Gasteiger charge is 2.13. The molecule has 1 aromatic carbocycles. The summed E-state index contributed by atoms with van der Waals surface area (Å²) >= 11 is 5.84. The van der Waals surface area contributed by atoms with Gasteiger partial charge < -0.3 is 15.6 Å². The van der Waals surface area contributed by atoms with Crippen molar-refractivity contribution >= 4 is 23.3 Å². The number of halogens is 1. The Kier molecular flexibility index (Phi) is 4.58. The predicted octanol–water partition coefficient (Wildman–Crippen LogP) is 1.71. The fraction of sp³-hybridized carbons (Fsp3) is 0.364. The van der Waals surface area contributed by atoms with E-state index < -0.39 is 5.97 Å². The summed E-state index contributed by atoms with van der Waals surface area (Å²) in [5, 5.41) is 9.04. The SMILES string of the molecule is CC(CO)COC(=O)c1ccc(N)cc1Cl. The van der Waals surface area contributed by atoms with Crippen LogP contribution < -0.4 is 5.73 Å². The van der Waals surface area contributed by atoms with E-state index in [2.05, 4.69) is 0 Å². The van der Waals surface area contributed by atoms with Crippen LogP contribution in [-0.4, -0.2) is 24.3 Å². The highest BCUT2D eigenvalue weighted by Crippen LogP contribution is 2.20. The molecular formula is C11H14ClNO3. The summed E-state index contributed by atoms with van der Waals surface area (Å²) in [5.41, 5.74) is 6.27. The van der Waals surface area contributed by atoms with E-state index in [1.165, 1.54) is 12.1 Å². The van der Waals surface area contributed by atoms with Crippen LogP contribution in [0.1, 0.15) is 17.3 Å². The van der Waals surface area contributed by atoms with Crippen LogP contribution in [0.2, 0.25) is 5.02 Å². The molecule has 0 saturated heterocycles. The lowest BCUT2D eigenvalue weighted by molar-refractivity contribution is 0.0405. The number of hydrogen-bond acceptors (Lipinski definition) is 4. The molecule has 1 unspecified atom stereocenters. The predicted molar refractivity (Wildman–Crippen MR) is 62.4 cm³/mol. The molecule has 0 radical (unpaired) electrons. The Bertz CT molecular complexity index is 381. The van der Waals surface area contributed by atoms with Crippen molar-refractivity contribution in [3.05, 3.63) is 28.8 Å². The van der Waals surface area contributed by atoms with Gasteiger partial charge in [0.2, 0.25) is 0 Å². The van der Waals surface area contributed by atoms with E-state index in [1.54, 1.807) is 13.0 Å². The highest BCUT2D eigenvalue weighted by atomic mass is 35.5. The summed E-state index contributed by atoms with van der Waals surface area (Å²) < 4.78 is 4.98. The second-order valence-corrected chi connectivity index (χ2v) is 4.03. The zero-order valence-electron chi connectivity index (χ0n) is 8.94. The number of aliphatic hydroxyl groups is 1. The van der Waals surface area contributed by atoms with Crippen LogP contribution in [0.3, 0.4) is 0 Å². The maximum atomic E-state index is 11.6. The van der Waals surface area contributed by atoms with Crippen LogP contribution in [-0.2, 0) is 4.74 Å². The zero-order chi connectivity index (χ0) is 12.1. The lowest BCUT2D eigenvalue weighted by Gasteiger charge is -2.10. The van der Waals surface area contributed by atoms with Crippen LogP contribution in [0.5, 0.6) is 0 Å². The van der Waals surface area contributed by atoms with Crippen molar-refractivity contribution in [3.63, 3.8) is 0 Å². The first-order valence-electron chi connectivity index (χ1n) is 4.87. The van der Waals surface area contributed by atoms with Gasteiger partial charge in [-0.05, 0) is 18.2 Å². The average Bonchev–Trinajstić information content (AvgIpc) is 2.25. The van der Waals surface area contributed by atoms with Gasteiger partial charge in [0, 0.05) is 18.2 Å². The third-order valence-corrected chi connectivity index (χ3v) is 2.34. The summed E-state index contributed by atoms with van der Waals surface area (Å²) in [6.07, 6.45) is 0. The number of ether oxygens (including phenoxy) is 1. The van der Waals surface area contributed by atoms with Crippen molar-refractivity contribution in [2.45, 2.75) is 6.92 Å².